The van der Waals surface area contributed by atoms with Gasteiger partial charge in [0.1, 0.15) is 0 Å². The van der Waals surface area contributed by atoms with E-state index in [-0.39, 0.29) is 0 Å². The molecule has 0 aromatic heterocycles. The smallest absolute Gasteiger partial charge is 0.0414 e. The van der Waals surface area contributed by atoms with Crippen molar-refractivity contribution in [3.8, 4) is 0 Å². The Morgan fingerprint density at radius 1 is 1.12 bits per heavy atom. The SMILES string of the molecule is SCN1CCCCC1. The largest absolute Gasteiger partial charge is 0.294 e. The Balaban J connectivity index is 2.13. The number of piperidine rings is 1. The summed E-state index contributed by atoms with van der Waals surface area (Å²) in [7, 11) is 0. The molecule has 1 nitrogen and oxygen atoms in total. The standard InChI is InChI=1S/C6H13NS/c8-6-7-4-2-1-3-5-7/h8H,1-6H2. The van der Waals surface area contributed by atoms with Crippen LogP contribution in [0.3, 0.4) is 0 Å². The molecule has 2 heteroatoms. The van der Waals surface area contributed by atoms with E-state index in [9.17, 15) is 0 Å². The van der Waals surface area contributed by atoms with Gasteiger partial charge >= 0.3 is 0 Å². The maximum absolute atomic E-state index is 4.19. The van der Waals surface area contributed by atoms with E-state index in [2.05, 4.69) is 17.5 Å². The minimum atomic E-state index is 0.944. The first-order chi connectivity index (χ1) is 3.93. The van der Waals surface area contributed by atoms with Crippen LogP contribution < -0.4 is 0 Å². The van der Waals surface area contributed by atoms with Crippen molar-refractivity contribution in [2.45, 2.75) is 19.3 Å². The molecule has 0 aliphatic carbocycles. The quantitative estimate of drug-likeness (QED) is 0.526. The van der Waals surface area contributed by atoms with Gasteiger partial charge in [-0.25, -0.2) is 0 Å². The first-order valence-corrected chi connectivity index (χ1v) is 3.90. The van der Waals surface area contributed by atoms with Crippen LogP contribution in [0.15, 0.2) is 0 Å². The minimum absolute atomic E-state index is 0.944. The van der Waals surface area contributed by atoms with Crippen LogP contribution in [0.5, 0.6) is 0 Å². The molecular formula is C6H13NS. The Bertz CT molecular complexity index is 59.5. The van der Waals surface area contributed by atoms with Crippen molar-refractivity contribution < 1.29 is 0 Å². The zero-order valence-electron chi connectivity index (χ0n) is 5.14. The third-order valence-corrected chi connectivity index (χ3v) is 2.05. The Labute approximate surface area is 56.5 Å². The normalized spacial score (nSPS) is 23.6. The first-order valence-electron chi connectivity index (χ1n) is 3.26. The van der Waals surface area contributed by atoms with E-state index < -0.39 is 0 Å². The zero-order valence-corrected chi connectivity index (χ0v) is 6.03. The highest BCUT2D eigenvalue weighted by Crippen LogP contribution is 2.07. The van der Waals surface area contributed by atoms with Gasteiger partial charge in [-0.05, 0) is 25.9 Å². The van der Waals surface area contributed by atoms with E-state index >= 15 is 0 Å². The predicted molar refractivity (Wildman–Crippen MR) is 39.3 cm³/mol. The first kappa shape index (κ1) is 6.43. The van der Waals surface area contributed by atoms with Crippen LogP contribution in [-0.2, 0) is 0 Å². The highest BCUT2D eigenvalue weighted by Gasteiger charge is 2.06. The molecule has 0 amide bonds. The Morgan fingerprint density at radius 3 is 2.12 bits per heavy atom. The summed E-state index contributed by atoms with van der Waals surface area (Å²) in [6.45, 7) is 2.53. The molecule has 1 aliphatic rings. The Kier molecular flexibility index (Phi) is 2.70. The van der Waals surface area contributed by atoms with Gasteiger partial charge in [0.05, 0.1) is 0 Å². The second-order valence-electron chi connectivity index (χ2n) is 2.32. The van der Waals surface area contributed by atoms with Crippen molar-refractivity contribution in [2.75, 3.05) is 19.0 Å². The molecule has 0 unspecified atom stereocenters. The van der Waals surface area contributed by atoms with E-state index in [1.54, 1.807) is 0 Å². The van der Waals surface area contributed by atoms with E-state index in [0.717, 1.165) is 5.88 Å². The van der Waals surface area contributed by atoms with Crippen molar-refractivity contribution in [3.05, 3.63) is 0 Å². The van der Waals surface area contributed by atoms with Gasteiger partial charge in [0, 0.05) is 5.88 Å². The summed E-state index contributed by atoms with van der Waals surface area (Å²) < 4.78 is 0. The number of hydrogen-bond donors (Lipinski definition) is 1. The molecule has 1 aliphatic heterocycles. The van der Waals surface area contributed by atoms with Gasteiger partial charge in [-0.3, -0.25) is 4.90 Å². The summed E-state index contributed by atoms with van der Waals surface area (Å²) in [4.78, 5) is 2.38. The van der Waals surface area contributed by atoms with Crippen molar-refractivity contribution in [1.29, 1.82) is 0 Å². The molecule has 0 radical (unpaired) electrons. The van der Waals surface area contributed by atoms with Gasteiger partial charge in [-0.2, -0.15) is 12.6 Å². The summed E-state index contributed by atoms with van der Waals surface area (Å²) in [6, 6.07) is 0. The van der Waals surface area contributed by atoms with E-state index in [4.69, 9.17) is 0 Å². The third kappa shape index (κ3) is 1.67. The molecule has 1 saturated heterocycles. The molecule has 8 heavy (non-hydrogen) atoms. The Morgan fingerprint density at radius 2 is 1.75 bits per heavy atom. The number of hydrogen-bond acceptors (Lipinski definition) is 2. The fraction of sp³-hybridized carbons (Fsp3) is 1.00. The molecule has 1 heterocycles. The molecule has 0 bridgehead atoms. The average Bonchev–Trinajstić information content (AvgIpc) is 1.90. The third-order valence-electron chi connectivity index (χ3n) is 1.65. The van der Waals surface area contributed by atoms with E-state index in [0.29, 0.717) is 0 Å². The highest BCUT2D eigenvalue weighted by atomic mass is 32.1. The van der Waals surface area contributed by atoms with Crippen molar-refractivity contribution >= 4 is 12.6 Å². The topological polar surface area (TPSA) is 3.24 Å². The fourth-order valence-electron chi connectivity index (χ4n) is 1.10. The summed E-state index contributed by atoms with van der Waals surface area (Å²) in [5.74, 6) is 0.944. The maximum Gasteiger partial charge on any atom is 0.0414 e. The van der Waals surface area contributed by atoms with Crippen LogP contribution in [0.1, 0.15) is 19.3 Å². The summed E-state index contributed by atoms with van der Waals surface area (Å²) in [5.41, 5.74) is 0. The lowest BCUT2D eigenvalue weighted by Gasteiger charge is -2.23. The molecule has 0 aromatic carbocycles. The zero-order chi connectivity index (χ0) is 5.82. The molecular weight excluding hydrogens is 118 g/mol. The molecule has 1 rings (SSSR count). The van der Waals surface area contributed by atoms with Crippen molar-refractivity contribution in [3.63, 3.8) is 0 Å². The molecule has 0 saturated carbocycles. The van der Waals surface area contributed by atoms with E-state index in [1.807, 2.05) is 0 Å². The molecule has 0 spiro atoms. The van der Waals surface area contributed by atoms with Gasteiger partial charge < -0.3 is 0 Å². The van der Waals surface area contributed by atoms with Gasteiger partial charge in [0.2, 0.25) is 0 Å². The molecule has 0 N–H and O–H groups in total. The predicted octanol–water partition coefficient (Wildman–Crippen LogP) is 1.36. The van der Waals surface area contributed by atoms with Gasteiger partial charge in [0.25, 0.3) is 0 Å². The molecule has 1 fully saturated rings. The van der Waals surface area contributed by atoms with Crippen molar-refractivity contribution in [1.82, 2.24) is 4.90 Å². The van der Waals surface area contributed by atoms with Crippen LogP contribution in [0, 0.1) is 0 Å². The lowest BCUT2D eigenvalue weighted by Crippen LogP contribution is -2.28. The number of nitrogens with zero attached hydrogens (tertiary/aromatic N) is 1. The highest BCUT2D eigenvalue weighted by molar-refractivity contribution is 7.80. The van der Waals surface area contributed by atoms with Crippen LogP contribution in [0.2, 0.25) is 0 Å². The fourth-order valence-corrected chi connectivity index (χ4v) is 1.38. The lowest BCUT2D eigenvalue weighted by molar-refractivity contribution is 0.267. The van der Waals surface area contributed by atoms with Crippen molar-refractivity contribution in [2.24, 2.45) is 0 Å². The maximum atomic E-state index is 4.19. The molecule has 0 aromatic rings. The number of thiol groups is 1. The molecule has 48 valence electrons. The number of rotatable bonds is 1. The summed E-state index contributed by atoms with van der Waals surface area (Å²) in [5, 5.41) is 0. The average molecular weight is 131 g/mol. The monoisotopic (exact) mass is 131 g/mol. The second-order valence-corrected chi connectivity index (χ2v) is 2.60. The molecule has 0 atom stereocenters. The lowest BCUT2D eigenvalue weighted by atomic mass is 10.1. The van der Waals surface area contributed by atoms with Crippen LogP contribution >= 0.6 is 12.6 Å². The van der Waals surface area contributed by atoms with Gasteiger partial charge in [-0.15, -0.1) is 0 Å². The summed E-state index contributed by atoms with van der Waals surface area (Å²) >= 11 is 4.19. The van der Waals surface area contributed by atoms with Gasteiger partial charge in [-0.1, -0.05) is 6.42 Å². The minimum Gasteiger partial charge on any atom is -0.294 e. The number of likely N-dealkylation sites (tertiary alicyclic amines) is 1. The van der Waals surface area contributed by atoms with Crippen LogP contribution in [0.4, 0.5) is 0 Å². The van der Waals surface area contributed by atoms with Crippen LogP contribution in [0.25, 0.3) is 0 Å². The van der Waals surface area contributed by atoms with Crippen LogP contribution in [-0.4, -0.2) is 23.9 Å². The van der Waals surface area contributed by atoms with Gasteiger partial charge in [0.15, 0.2) is 0 Å². The Hall–Kier alpha value is 0.310. The second kappa shape index (κ2) is 3.36. The van der Waals surface area contributed by atoms with E-state index in [1.165, 1.54) is 32.4 Å². The summed E-state index contributed by atoms with van der Waals surface area (Å²) in [6.07, 6.45) is 4.17.